The van der Waals surface area contributed by atoms with Gasteiger partial charge in [0, 0.05) is 23.5 Å². The topological polar surface area (TPSA) is 43.4 Å². The zero-order chi connectivity index (χ0) is 12.7. The predicted octanol–water partition coefficient (Wildman–Crippen LogP) is 2.80. The molecule has 0 aromatic rings. The van der Waals surface area contributed by atoms with E-state index in [1.807, 2.05) is 0 Å². The molecule has 0 aromatic heterocycles. The van der Waals surface area contributed by atoms with Crippen molar-refractivity contribution in [1.29, 1.82) is 0 Å². The normalized spacial score (nSPS) is 25.9. The van der Waals surface area contributed by atoms with Crippen molar-refractivity contribution in [2.75, 3.05) is 6.26 Å². The highest BCUT2D eigenvalue weighted by molar-refractivity contribution is 7.85. The Morgan fingerprint density at radius 1 is 1.24 bits per heavy atom. The quantitative estimate of drug-likeness (QED) is 0.498. The van der Waals surface area contributed by atoms with Crippen molar-refractivity contribution < 1.29 is 13.7 Å². The lowest BCUT2D eigenvalue weighted by molar-refractivity contribution is -0.141. The molecule has 1 saturated heterocycles. The molecule has 1 fully saturated rings. The van der Waals surface area contributed by atoms with Crippen LogP contribution in [0.4, 0.5) is 0 Å². The number of unbranched alkanes of at least 4 members (excludes halogenated alkanes) is 5. The number of hydrogen-bond acceptors (Lipinski definition) is 3. The molecule has 2 unspecified atom stereocenters. The first-order valence-electron chi connectivity index (χ1n) is 6.68. The maximum absolute atomic E-state index is 11.4. The van der Waals surface area contributed by atoms with Crippen molar-refractivity contribution in [2.45, 2.75) is 69.6 Å². The molecule has 1 rings (SSSR count). The van der Waals surface area contributed by atoms with Gasteiger partial charge < -0.3 is 4.74 Å². The van der Waals surface area contributed by atoms with Crippen LogP contribution >= 0.6 is 0 Å². The summed E-state index contributed by atoms with van der Waals surface area (Å²) in [4.78, 5) is 11.4. The van der Waals surface area contributed by atoms with Gasteiger partial charge in [0.25, 0.3) is 0 Å². The first kappa shape index (κ1) is 14.7. The summed E-state index contributed by atoms with van der Waals surface area (Å²) in [6.07, 6.45) is 10.7. The Bertz CT molecular complexity index is 265. The molecule has 1 aliphatic heterocycles. The van der Waals surface area contributed by atoms with Gasteiger partial charge in [-0.3, -0.25) is 9.00 Å². The number of cyclic esters (lactones) is 1. The van der Waals surface area contributed by atoms with Crippen molar-refractivity contribution in [2.24, 2.45) is 0 Å². The number of esters is 1. The fourth-order valence-electron chi connectivity index (χ4n) is 2.22. The van der Waals surface area contributed by atoms with Gasteiger partial charge in [0.1, 0.15) is 11.4 Å². The molecular formula is C13H24O3S. The summed E-state index contributed by atoms with van der Waals surface area (Å²) in [5, 5.41) is -0.375. The van der Waals surface area contributed by atoms with E-state index in [-0.39, 0.29) is 17.3 Å². The number of carbonyl (C=O) groups is 1. The molecule has 0 aliphatic carbocycles. The molecule has 3 atom stereocenters. The van der Waals surface area contributed by atoms with Crippen LogP contribution in [0.1, 0.15) is 58.3 Å². The van der Waals surface area contributed by atoms with E-state index in [2.05, 4.69) is 6.92 Å². The summed E-state index contributed by atoms with van der Waals surface area (Å²) < 4.78 is 16.5. The lowest BCUT2D eigenvalue weighted by Crippen LogP contribution is -2.19. The van der Waals surface area contributed by atoms with E-state index in [9.17, 15) is 9.00 Å². The van der Waals surface area contributed by atoms with Crippen molar-refractivity contribution in [1.82, 2.24) is 0 Å². The summed E-state index contributed by atoms with van der Waals surface area (Å²) >= 11 is 0. The van der Waals surface area contributed by atoms with E-state index < -0.39 is 10.8 Å². The first-order valence-corrected chi connectivity index (χ1v) is 8.30. The highest BCUT2D eigenvalue weighted by atomic mass is 32.2. The maximum atomic E-state index is 11.4. The number of ether oxygens (including phenoxy) is 1. The minimum atomic E-state index is -1.08. The lowest BCUT2D eigenvalue weighted by Gasteiger charge is -2.07. The van der Waals surface area contributed by atoms with Crippen molar-refractivity contribution >= 4 is 16.8 Å². The van der Waals surface area contributed by atoms with Crippen LogP contribution in [0.5, 0.6) is 0 Å². The molecule has 0 radical (unpaired) electrons. The molecule has 4 heteroatoms. The average Bonchev–Trinajstić information content (AvgIpc) is 2.65. The molecule has 100 valence electrons. The lowest BCUT2D eigenvalue weighted by atomic mass is 10.1. The van der Waals surface area contributed by atoms with Crippen LogP contribution in [0, 0.1) is 0 Å². The Labute approximate surface area is 107 Å². The minimum Gasteiger partial charge on any atom is -0.461 e. The molecule has 0 bridgehead atoms. The Kier molecular flexibility index (Phi) is 6.78. The van der Waals surface area contributed by atoms with E-state index in [0.717, 1.165) is 12.8 Å². The molecule has 0 spiro atoms. The van der Waals surface area contributed by atoms with Gasteiger partial charge in [0.15, 0.2) is 0 Å². The summed E-state index contributed by atoms with van der Waals surface area (Å²) in [7, 11) is -1.08. The van der Waals surface area contributed by atoms with Gasteiger partial charge >= 0.3 is 5.97 Å². The van der Waals surface area contributed by atoms with Gasteiger partial charge in [-0.2, -0.15) is 0 Å². The molecule has 1 heterocycles. The number of carbonyl (C=O) groups excluding carboxylic acids is 1. The molecule has 0 aromatic carbocycles. The largest absolute Gasteiger partial charge is 0.461 e. The third kappa shape index (κ3) is 5.19. The van der Waals surface area contributed by atoms with Crippen LogP contribution < -0.4 is 0 Å². The van der Waals surface area contributed by atoms with Crippen LogP contribution in [0.15, 0.2) is 0 Å². The zero-order valence-electron chi connectivity index (χ0n) is 10.9. The van der Waals surface area contributed by atoms with Gasteiger partial charge in [-0.15, -0.1) is 0 Å². The Hall–Kier alpha value is -0.380. The number of hydrogen-bond donors (Lipinski definition) is 0. The second-order valence-electron chi connectivity index (χ2n) is 4.84. The van der Waals surface area contributed by atoms with Crippen LogP contribution in [-0.2, 0) is 20.3 Å². The molecule has 3 nitrogen and oxygen atoms in total. The second-order valence-corrected chi connectivity index (χ2v) is 6.40. The minimum absolute atomic E-state index is 0.0163. The highest BCUT2D eigenvalue weighted by Crippen LogP contribution is 2.23. The number of rotatable bonds is 8. The summed E-state index contributed by atoms with van der Waals surface area (Å²) in [5.74, 6) is -0.262. The van der Waals surface area contributed by atoms with Crippen LogP contribution in [-0.4, -0.2) is 27.8 Å². The molecule has 17 heavy (non-hydrogen) atoms. The zero-order valence-corrected chi connectivity index (χ0v) is 11.8. The molecule has 1 aliphatic rings. The van der Waals surface area contributed by atoms with Crippen molar-refractivity contribution in [3.63, 3.8) is 0 Å². The van der Waals surface area contributed by atoms with Crippen LogP contribution in [0.25, 0.3) is 0 Å². The molecule has 0 amide bonds. The van der Waals surface area contributed by atoms with E-state index in [1.54, 1.807) is 6.26 Å². The molecule has 0 N–H and O–H groups in total. The first-order chi connectivity index (χ1) is 8.15. The van der Waals surface area contributed by atoms with Gasteiger partial charge in [0.2, 0.25) is 0 Å². The SMILES string of the molecule is CCCCCCCC[C@@H]1CC(S(C)=O)C(=O)O1. The fraction of sp³-hybridized carbons (Fsp3) is 0.923. The third-order valence-corrected chi connectivity index (χ3v) is 4.49. The summed E-state index contributed by atoms with van der Waals surface area (Å²) in [5.41, 5.74) is 0. The Balaban J connectivity index is 2.09. The highest BCUT2D eigenvalue weighted by Gasteiger charge is 2.36. The van der Waals surface area contributed by atoms with Crippen LogP contribution in [0.2, 0.25) is 0 Å². The van der Waals surface area contributed by atoms with Gasteiger partial charge in [-0.25, -0.2) is 0 Å². The maximum Gasteiger partial charge on any atom is 0.322 e. The Morgan fingerprint density at radius 2 is 1.88 bits per heavy atom. The van der Waals surface area contributed by atoms with Gasteiger partial charge in [-0.1, -0.05) is 39.0 Å². The predicted molar refractivity (Wildman–Crippen MR) is 70.3 cm³/mol. The van der Waals surface area contributed by atoms with Gasteiger partial charge in [-0.05, 0) is 12.8 Å². The van der Waals surface area contributed by atoms with Crippen molar-refractivity contribution in [3.05, 3.63) is 0 Å². The smallest absolute Gasteiger partial charge is 0.322 e. The fourth-order valence-corrected chi connectivity index (χ4v) is 3.04. The average molecular weight is 260 g/mol. The van der Waals surface area contributed by atoms with Gasteiger partial charge in [0.05, 0.1) is 0 Å². The monoisotopic (exact) mass is 260 g/mol. The van der Waals surface area contributed by atoms with E-state index in [1.165, 1.54) is 32.1 Å². The van der Waals surface area contributed by atoms with E-state index in [0.29, 0.717) is 6.42 Å². The standard InChI is InChI=1S/C13H24O3S/c1-3-4-5-6-7-8-9-11-10-12(17(2)15)13(14)16-11/h11-12H,3-10H2,1-2H3/t11-,12?,17?/m1/s1. The molecular weight excluding hydrogens is 236 g/mol. The van der Waals surface area contributed by atoms with Crippen molar-refractivity contribution in [3.8, 4) is 0 Å². The van der Waals surface area contributed by atoms with Crippen LogP contribution in [0.3, 0.4) is 0 Å². The summed E-state index contributed by atoms with van der Waals surface area (Å²) in [6, 6.07) is 0. The van der Waals surface area contributed by atoms with E-state index in [4.69, 9.17) is 4.74 Å². The Morgan fingerprint density at radius 3 is 2.47 bits per heavy atom. The third-order valence-electron chi connectivity index (χ3n) is 3.30. The second kappa shape index (κ2) is 7.85. The summed E-state index contributed by atoms with van der Waals surface area (Å²) in [6.45, 7) is 2.21. The van der Waals surface area contributed by atoms with E-state index >= 15 is 0 Å². The molecule has 0 saturated carbocycles.